The maximum absolute atomic E-state index is 12.6. The topological polar surface area (TPSA) is 134 Å². The number of fused-ring (bicyclic) bond motifs is 3. The van der Waals surface area contributed by atoms with Gasteiger partial charge in [0, 0.05) is 26.1 Å². The van der Waals surface area contributed by atoms with Gasteiger partial charge in [-0.15, -0.1) is 0 Å². The molecule has 1 unspecified atom stereocenters. The van der Waals surface area contributed by atoms with Crippen molar-refractivity contribution in [1.29, 1.82) is 0 Å². The molecule has 176 valence electrons. The van der Waals surface area contributed by atoms with Crippen molar-refractivity contribution >= 4 is 18.0 Å². The molecule has 0 saturated heterocycles. The molecule has 1 aliphatic carbocycles. The maximum atomic E-state index is 12.6. The minimum absolute atomic E-state index is 0.0733. The molecule has 33 heavy (non-hydrogen) atoms. The summed E-state index contributed by atoms with van der Waals surface area (Å²) in [6, 6.07) is 13.2. The normalized spacial score (nSPS) is 15.0. The van der Waals surface area contributed by atoms with Gasteiger partial charge >= 0.3 is 12.1 Å². The van der Waals surface area contributed by atoms with Crippen molar-refractivity contribution in [2.45, 2.75) is 37.5 Å². The number of aliphatic hydroxyl groups is 1. The van der Waals surface area contributed by atoms with Gasteiger partial charge in [0.15, 0.2) is 6.04 Å². The maximum Gasteiger partial charge on any atom is 0.407 e. The Morgan fingerprint density at radius 3 is 2.09 bits per heavy atom. The highest BCUT2D eigenvalue weighted by atomic mass is 16.5. The number of aliphatic carboxylic acids is 1. The molecule has 0 heterocycles. The summed E-state index contributed by atoms with van der Waals surface area (Å²) >= 11 is 0. The van der Waals surface area contributed by atoms with Gasteiger partial charge < -0.3 is 30.3 Å². The molecule has 0 spiro atoms. The predicted octanol–water partition coefficient (Wildman–Crippen LogP) is 1.88. The van der Waals surface area contributed by atoms with Crippen LogP contribution in [0.15, 0.2) is 48.5 Å². The van der Waals surface area contributed by atoms with Gasteiger partial charge in [-0.05, 0) is 29.2 Å². The molecule has 1 aliphatic rings. The van der Waals surface area contributed by atoms with Crippen molar-refractivity contribution in [3.63, 3.8) is 0 Å². The summed E-state index contributed by atoms with van der Waals surface area (Å²) < 4.78 is 10.4. The summed E-state index contributed by atoms with van der Waals surface area (Å²) in [7, 11) is 1.44. The smallest absolute Gasteiger partial charge is 0.407 e. The van der Waals surface area contributed by atoms with Gasteiger partial charge in [0.05, 0.1) is 6.10 Å². The highest BCUT2D eigenvalue weighted by molar-refractivity contribution is 5.89. The Labute approximate surface area is 191 Å². The number of hydrogen-bond donors (Lipinski definition) is 4. The van der Waals surface area contributed by atoms with Crippen LogP contribution in [0.3, 0.4) is 0 Å². The Morgan fingerprint density at radius 1 is 1.00 bits per heavy atom. The first-order chi connectivity index (χ1) is 15.8. The Morgan fingerprint density at radius 2 is 1.58 bits per heavy atom. The van der Waals surface area contributed by atoms with Gasteiger partial charge in [-0.2, -0.15) is 0 Å². The molecule has 9 heteroatoms. The van der Waals surface area contributed by atoms with E-state index in [1.165, 1.54) is 14.0 Å². The zero-order chi connectivity index (χ0) is 24.0. The Kier molecular flexibility index (Phi) is 8.02. The zero-order valence-corrected chi connectivity index (χ0v) is 18.5. The van der Waals surface area contributed by atoms with E-state index in [-0.39, 0.29) is 25.6 Å². The van der Waals surface area contributed by atoms with Gasteiger partial charge in [0.2, 0.25) is 5.91 Å². The van der Waals surface area contributed by atoms with E-state index in [1.807, 2.05) is 48.5 Å². The van der Waals surface area contributed by atoms with Crippen LogP contribution in [0.5, 0.6) is 0 Å². The fraction of sp³-hybridized carbons (Fsp3) is 0.375. The van der Waals surface area contributed by atoms with Gasteiger partial charge in [-0.1, -0.05) is 48.5 Å². The van der Waals surface area contributed by atoms with Crippen molar-refractivity contribution in [2.75, 3.05) is 20.3 Å². The monoisotopic (exact) mass is 456 g/mol. The van der Waals surface area contributed by atoms with E-state index in [4.69, 9.17) is 9.47 Å². The van der Waals surface area contributed by atoms with Gasteiger partial charge in [0.1, 0.15) is 12.6 Å². The number of aliphatic hydroxyl groups excluding tert-OH is 1. The number of rotatable bonds is 10. The number of methoxy groups -OCH3 is 1. The van der Waals surface area contributed by atoms with Crippen LogP contribution in [-0.4, -0.2) is 66.7 Å². The number of amides is 2. The van der Waals surface area contributed by atoms with Gasteiger partial charge in [-0.3, -0.25) is 4.79 Å². The lowest BCUT2D eigenvalue weighted by molar-refractivity contribution is -0.145. The van der Waals surface area contributed by atoms with Crippen molar-refractivity contribution in [1.82, 2.24) is 10.6 Å². The van der Waals surface area contributed by atoms with Crippen molar-refractivity contribution < 1.29 is 34.1 Å². The third-order valence-electron chi connectivity index (χ3n) is 5.61. The summed E-state index contributed by atoms with van der Waals surface area (Å²) in [4.78, 5) is 36.4. The van der Waals surface area contributed by atoms with Gasteiger partial charge in [0.25, 0.3) is 0 Å². The number of carboxylic acids is 1. The number of carbonyl (C=O) groups is 3. The first-order valence-corrected chi connectivity index (χ1v) is 10.6. The fourth-order valence-electron chi connectivity index (χ4n) is 3.93. The van der Waals surface area contributed by atoms with Crippen molar-refractivity contribution in [2.24, 2.45) is 0 Å². The number of carboxylic acid groups (broad SMARTS) is 1. The van der Waals surface area contributed by atoms with Crippen molar-refractivity contribution in [3.05, 3.63) is 59.7 Å². The summed E-state index contributed by atoms with van der Waals surface area (Å²) in [5, 5.41) is 23.5. The molecular formula is C24H28N2O7. The van der Waals surface area contributed by atoms with E-state index in [2.05, 4.69) is 10.6 Å². The standard InChI is InChI=1S/C24H28N2O7/c1-14(27)21(23(29)30)26-22(28)20(11-12-32-2)25-24(31)33-13-19-17-9-5-3-7-15(17)16-8-4-6-10-18(16)19/h3-10,14,19-21,27H,11-13H2,1-2H3,(H,25,31)(H,26,28)(H,29,30)/t14-,20?,21+/m1/s1. The first kappa shape index (κ1) is 24.2. The van der Waals surface area contributed by atoms with E-state index in [0.717, 1.165) is 22.3 Å². The molecule has 0 fully saturated rings. The molecule has 3 rings (SSSR count). The highest BCUT2D eigenvalue weighted by Gasteiger charge is 2.31. The lowest BCUT2D eigenvalue weighted by atomic mass is 9.98. The average molecular weight is 456 g/mol. The van der Waals surface area contributed by atoms with E-state index >= 15 is 0 Å². The summed E-state index contributed by atoms with van der Waals surface area (Å²) in [5.74, 6) is -2.28. The number of carbonyl (C=O) groups excluding carboxylic acids is 2. The number of hydrogen-bond acceptors (Lipinski definition) is 6. The predicted molar refractivity (Wildman–Crippen MR) is 120 cm³/mol. The Bertz CT molecular complexity index is 962. The van der Waals surface area contributed by atoms with E-state index < -0.39 is 36.2 Å². The van der Waals surface area contributed by atoms with Crippen LogP contribution in [0.1, 0.15) is 30.4 Å². The van der Waals surface area contributed by atoms with Crippen LogP contribution in [-0.2, 0) is 19.1 Å². The molecular weight excluding hydrogens is 428 g/mol. The number of alkyl carbamates (subject to hydrolysis) is 1. The number of ether oxygens (including phenoxy) is 2. The van der Waals surface area contributed by atoms with E-state index in [9.17, 15) is 24.6 Å². The highest BCUT2D eigenvalue weighted by Crippen LogP contribution is 2.44. The number of benzene rings is 2. The van der Waals surface area contributed by atoms with Crippen molar-refractivity contribution in [3.8, 4) is 11.1 Å². The minimum atomic E-state index is -1.51. The summed E-state index contributed by atoms with van der Waals surface area (Å²) in [6.07, 6.45) is -2.03. The summed E-state index contributed by atoms with van der Waals surface area (Å²) in [5.41, 5.74) is 4.30. The Hall–Kier alpha value is -3.43. The lowest BCUT2D eigenvalue weighted by Crippen LogP contribution is -2.55. The lowest BCUT2D eigenvalue weighted by Gasteiger charge is -2.23. The van der Waals surface area contributed by atoms with Crippen LogP contribution in [0.2, 0.25) is 0 Å². The second-order valence-electron chi connectivity index (χ2n) is 7.87. The van der Waals surface area contributed by atoms with E-state index in [1.54, 1.807) is 0 Å². The second kappa shape index (κ2) is 10.9. The van der Waals surface area contributed by atoms with Crippen LogP contribution in [0, 0.1) is 0 Å². The van der Waals surface area contributed by atoms with E-state index in [0.29, 0.717) is 0 Å². The minimum Gasteiger partial charge on any atom is -0.480 e. The summed E-state index contributed by atoms with van der Waals surface area (Å²) in [6.45, 7) is 1.47. The molecule has 0 aromatic heterocycles. The molecule has 2 aromatic carbocycles. The largest absolute Gasteiger partial charge is 0.480 e. The third kappa shape index (κ3) is 5.68. The van der Waals surface area contributed by atoms with Crippen LogP contribution >= 0.6 is 0 Å². The molecule has 0 bridgehead atoms. The third-order valence-corrected chi connectivity index (χ3v) is 5.61. The number of nitrogens with one attached hydrogen (secondary N) is 2. The fourth-order valence-corrected chi connectivity index (χ4v) is 3.93. The second-order valence-corrected chi connectivity index (χ2v) is 7.87. The molecule has 9 nitrogen and oxygen atoms in total. The molecule has 2 amide bonds. The Balaban J connectivity index is 1.66. The zero-order valence-electron chi connectivity index (χ0n) is 18.5. The van der Waals surface area contributed by atoms with Gasteiger partial charge in [-0.25, -0.2) is 9.59 Å². The molecule has 0 aliphatic heterocycles. The molecule has 0 radical (unpaired) electrons. The quantitative estimate of drug-likeness (QED) is 0.429. The molecule has 0 saturated carbocycles. The molecule has 4 N–H and O–H groups in total. The SMILES string of the molecule is COCCC(NC(=O)OCC1c2ccccc2-c2ccccc21)C(=O)N[C@H](C(=O)O)[C@@H](C)O. The van der Waals surface area contributed by atoms with Crippen LogP contribution in [0.25, 0.3) is 11.1 Å². The van der Waals surface area contributed by atoms with Crippen LogP contribution in [0.4, 0.5) is 4.79 Å². The van der Waals surface area contributed by atoms with Crippen LogP contribution < -0.4 is 10.6 Å². The molecule has 2 aromatic rings. The average Bonchev–Trinajstić information content (AvgIpc) is 3.12. The molecule has 3 atom stereocenters. The first-order valence-electron chi connectivity index (χ1n) is 10.6.